The number of para-hydroxylation sites is 4. The van der Waals surface area contributed by atoms with Gasteiger partial charge in [-0.2, -0.15) is 0 Å². The van der Waals surface area contributed by atoms with Gasteiger partial charge < -0.3 is 9.88 Å². The highest BCUT2D eigenvalue weighted by molar-refractivity contribution is 7.21. The summed E-state index contributed by atoms with van der Waals surface area (Å²) in [6, 6.07) is 68.0. The molecule has 0 saturated heterocycles. The van der Waals surface area contributed by atoms with Crippen molar-refractivity contribution < 1.29 is 0 Å². The summed E-state index contributed by atoms with van der Waals surface area (Å²) in [4.78, 5) is 4.86. The molecule has 3 nitrogen and oxygen atoms in total. The molecular weight excluding hydrogens is 675 g/mol. The molecule has 0 bridgehead atoms. The van der Waals surface area contributed by atoms with Crippen LogP contribution in [0.5, 0.6) is 0 Å². The fourth-order valence-electron chi connectivity index (χ4n) is 8.37. The van der Waals surface area contributed by atoms with Gasteiger partial charge in [0.25, 0.3) is 0 Å². The minimum atomic E-state index is -0.0188. The molecule has 1 N–H and O–H groups in total. The molecule has 2 aromatic heterocycles. The van der Waals surface area contributed by atoms with Gasteiger partial charge in [-0.05, 0) is 58.1 Å². The Balaban J connectivity index is 1.05. The quantitative estimate of drug-likeness (QED) is 0.193. The van der Waals surface area contributed by atoms with E-state index in [0.717, 1.165) is 27.5 Å². The van der Waals surface area contributed by atoms with Gasteiger partial charge >= 0.3 is 0 Å². The van der Waals surface area contributed by atoms with Crippen LogP contribution in [-0.2, 0) is 0 Å². The second-order valence-corrected chi connectivity index (χ2v) is 15.0. The van der Waals surface area contributed by atoms with Gasteiger partial charge in [-0.3, -0.25) is 0 Å². The van der Waals surface area contributed by atoms with Crippen molar-refractivity contribution in [2.24, 2.45) is 0 Å². The number of nitrogens with zero attached hydrogens (tertiary/aromatic N) is 2. The Bertz CT molecular complexity index is 2960. The molecule has 10 aromatic rings. The van der Waals surface area contributed by atoms with Gasteiger partial charge in [-0.15, -0.1) is 11.3 Å². The monoisotopic (exact) mass is 707 g/mol. The summed E-state index contributed by atoms with van der Waals surface area (Å²) in [6.45, 7) is 0. The molecule has 3 heterocycles. The van der Waals surface area contributed by atoms with Crippen LogP contribution in [0.1, 0.15) is 17.2 Å². The van der Waals surface area contributed by atoms with E-state index in [9.17, 15) is 0 Å². The lowest BCUT2D eigenvalue weighted by atomic mass is 9.83. The van der Waals surface area contributed by atoms with E-state index < -0.39 is 0 Å². The molecule has 0 saturated carbocycles. The fraction of sp³-hybridized carbons (Fsp3) is 0.0200. The zero-order chi connectivity index (χ0) is 35.6. The molecule has 4 heteroatoms. The first kappa shape index (κ1) is 30.8. The van der Waals surface area contributed by atoms with Crippen molar-refractivity contribution in [2.75, 3.05) is 5.32 Å². The minimum absolute atomic E-state index is 0.0188. The van der Waals surface area contributed by atoms with Gasteiger partial charge in [0, 0.05) is 38.7 Å². The van der Waals surface area contributed by atoms with Crippen molar-refractivity contribution in [1.29, 1.82) is 0 Å². The van der Waals surface area contributed by atoms with Crippen LogP contribution in [0, 0.1) is 0 Å². The van der Waals surface area contributed by atoms with Crippen molar-refractivity contribution >= 4 is 49.0 Å². The molecule has 0 amide bonds. The smallest absolute Gasteiger partial charge is 0.124 e. The van der Waals surface area contributed by atoms with Crippen LogP contribution in [0.3, 0.4) is 0 Å². The predicted octanol–water partition coefficient (Wildman–Crippen LogP) is 13.6. The van der Waals surface area contributed by atoms with E-state index >= 15 is 0 Å². The highest BCUT2D eigenvalue weighted by Crippen LogP contribution is 2.51. The summed E-state index contributed by atoms with van der Waals surface area (Å²) < 4.78 is 3.68. The van der Waals surface area contributed by atoms with Crippen molar-refractivity contribution in [2.45, 2.75) is 6.04 Å². The molecule has 0 aliphatic carbocycles. The largest absolute Gasteiger partial charge is 0.373 e. The van der Waals surface area contributed by atoms with E-state index in [-0.39, 0.29) is 6.04 Å². The second-order valence-electron chi connectivity index (χ2n) is 14.0. The molecule has 8 aromatic carbocycles. The zero-order valence-corrected chi connectivity index (χ0v) is 30.1. The molecule has 0 fully saturated rings. The van der Waals surface area contributed by atoms with Crippen molar-refractivity contribution in [3.63, 3.8) is 0 Å². The van der Waals surface area contributed by atoms with Crippen LogP contribution in [0.15, 0.2) is 188 Å². The molecule has 1 aliphatic rings. The molecule has 254 valence electrons. The van der Waals surface area contributed by atoms with Gasteiger partial charge in [-0.25, -0.2) is 4.98 Å². The lowest BCUT2D eigenvalue weighted by molar-refractivity contribution is 0.931. The Labute approximate surface area is 317 Å². The number of hydrogen-bond donors (Lipinski definition) is 1. The summed E-state index contributed by atoms with van der Waals surface area (Å²) in [6.07, 6.45) is 0. The van der Waals surface area contributed by atoms with Crippen molar-refractivity contribution in [3.05, 3.63) is 199 Å². The molecule has 1 aliphatic heterocycles. The number of anilines is 1. The summed E-state index contributed by atoms with van der Waals surface area (Å²) in [5.41, 5.74) is 16.7. The van der Waals surface area contributed by atoms with Gasteiger partial charge in [0.1, 0.15) is 5.01 Å². The molecule has 1 atom stereocenters. The Morgan fingerprint density at radius 1 is 0.500 bits per heavy atom. The third-order valence-corrected chi connectivity index (χ3v) is 12.0. The Morgan fingerprint density at radius 3 is 1.93 bits per heavy atom. The van der Waals surface area contributed by atoms with E-state index in [1.807, 2.05) is 6.07 Å². The van der Waals surface area contributed by atoms with E-state index in [4.69, 9.17) is 4.98 Å². The molecule has 0 radical (unpaired) electrons. The molecule has 1 unspecified atom stereocenters. The summed E-state index contributed by atoms with van der Waals surface area (Å²) in [5, 5.41) is 7.63. The summed E-state index contributed by atoms with van der Waals surface area (Å²) in [7, 11) is 0. The first-order valence-electron chi connectivity index (χ1n) is 18.4. The predicted molar refractivity (Wildman–Crippen MR) is 228 cm³/mol. The number of rotatable bonds is 5. The fourth-order valence-corrected chi connectivity index (χ4v) is 9.34. The SMILES string of the molecule is c1ccc(C2Nc3c(-c4ccc(-c5ccc(-c6nc7ccccc7s6)cc5)cc4)cccc3-c3c2ccc2c4ccccc4n(-c4ccccc4)c32)cc1. The third kappa shape index (κ3) is 4.92. The first-order chi connectivity index (χ1) is 26.8. The number of thiazole rings is 1. The Hall–Kier alpha value is -6.75. The maximum atomic E-state index is 4.86. The van der Waals surface area contributed by atoms with Crippen LogP contribution in [0.2, 0.25) is 0 Å². The van der Waals surface area contributed by atoms with E-state index in [2.05, 4.69) is 192 Å². The number of aromatic nitrogens is 2. The second kappa shape index (κ2) is 12.4. The first-order valence-corrected chi connectivity index (χ1v) is 19.2. The van der Waals surface area contributed by atoms with E-state index in [1.165, 1.54) is 71.0 Å². The lowest BCUT2D eigenvalue weighted by Crippen LogP contribution is -2.19. The molecule has 11 rings (SSSR count). The highest BCUT2D eigenvalue weighted by Gasteiger charge is 2.31. The van der Waals surface area contributed by atoms with E-state index in [1.54, 1.807) is 11.3 Å². The van der Waals surface area contributed by atoms with Crippen LogP contribution in [-0.4, -0.2) is 9.55 Å². The maximum Gasteiger partial charge on any atom is 0.124 e. The Morgan fingerprint density at radius 2 is 1.15 bits per heavy atom. The molecular formula is C50H33N3S. The summed E-state index contributed by atoms with van der Waals surface area (Å²) in [5.74, 6) is 0. The third-order valence-electron chi connectivity index (χ3n) is 10.9. The highest BCUT2D eigenvalue weighted by atomic mass is 32.1. The van der Waals surface area contributed by atoms with Gasteiger partial charge in [-0.1, -0.05) is 158 Å². The van der Waals surface area contributed by atoms with Gasteiger partial charge in [0.05, 0.1) is 33.0 Å². The number of fused-ring (bicyclic) bond motifs is 8. The van der Waals surface area contributed by atoms with Crippen LogP contribution < -0.4 is 5.32 Å². The van der Waals surface area contributed by atoms with Crippen LogP contribution in [0.25, 0.3) is 81.7 Å². The van der Waals surface area contributed by atoms with Gasteiger partial charge in [0.15, 0.2) is 0 Å². The average Bonchev–Trinajstić information content (AvgIpc) is 3.84. The lowest BCUT2D eigenvalue weighted by Gasteiger charge is -2.33. The van der Waals surface area contributed by atoms with Crippen LogP contribution >= 0.6 is 11.3 Å². The normalized spacial score (nSPS) is 13.5. The van der Waals surface area contributed by atoms with Crippen molar-refractivity contribution in [1.82, 2.24) is 9.55 Å². The van der Waals surface area contributed by atoms with E-state index in [0.29, 0.717) is 0 Å². The number of benzene rings is 8. The van der Waals surface area contributed by atoms with Crippen LogP contribution in [0.4, 0.5) is 5.69 Å². The molecule has 54 heavy (non-hydrogen) atoms. The summed E-state index contributed by atoms with van der Waals surface area (Å²) >= 11 is 1.74. The van der Waals surface area contributed by atoms with Gasteiger partial charge in [0.2, 0.25) is 0 Å². The topological polar surface area (TPSA) is 29.9 Å². The maximum absolute atomic E-state index is 4.86. The standard InChI is InChI=1S/C50H33N3S/c1-3-12-35(13-4-1)47-42-31-30-40-39-16-7-9-20-44(39)53(37-14-5-2-6-15-37)49(40)46(42)41-18-11-17-38(48(41)52-47)34-26-22-32(23-27-34)33-24-28-36(29-25-33)50-51-43-19-8-10-21-45(43)54-50/h1-31,47,52H. The number of hydrogen-bond acceptors (Lipinski definition) is 3. The molecule has 0 spiro atoms. The Kier molecular flexibility index (Phi) is 7.10. The average molecular weight is 708 g/mol. The van der Waals surface area contributed by atoms with Crippen molar-refractivity contribution in [3.8, 4) is 49.6 Å². The number of nitrogens with one attached hydrogen (secondary N) is 1. The minimum Gasteiger partial charge on any atom is -0.373 e. The zero-order valence-electron chi connectivity index (χ0n) is 29.3.